The van der Waals surface area contributed by atoms with E-state index in [2.05, 4.69) is 0 Å². The van der Waals surface area contributed by atoms with Gasteiger partial charge < -0.3 is 14.6 Å². The van der Waals surface area contributed by atoms with Crippen molar-refractivity contribution < 1.29 is 19.4 Å². The monoisotopic (exact) mass is 262 g/mol. The van der Waals surface area contributed by atoms with Crippen LogP contribution in [0.3, 0.4) is 0 Å². The summed E-state index contributed by atoms with van der Waals surface area (Å²) in [7, 11) is 0. The lowest BCUT2D eigenvalue weighted by Crippen LogP contribution is -2.08. The van der Waals surface area contributed by atoms with Crippen molar-refractivity contribution in [3.63, 3.8) is 0 Å². The molecule has 4 heteroatoms. The number of hydrogen-bond acceptors (Lipinski definition) is 3. The number of hydrogen-bond donors (Lipinski definition) is 1. The number of rotatable bonds is 8. The van der Waals surface area contributed by atoms with Gasteiger partial charge in [0.15, 0.2) is 0 Å². The Bertz CT molecular complexity index is 449. The van der Waals surface area contributed by atoms with E-state index < -0.39 is 5.97 Å². The Morgan fingerprint density at radius 2 is 2.21 bits per heavy atom. The molecule has 19 heavy (non-hydrogen) atoms. The van der Waals surface area contributed by atoms with E-state index in [-0.39, 0.29) is 0 Å². The SMILES string of the molecule is O=C(O)/C=C/c1cccc(OCCOCC2CC2)c1. The summed E-state index contributed by atoms with van der Waals surface area (Å²) >= 11 is 0. The van der Waals surface area contributed by atoms with Gasteiger partial charge in [-0.15, -0.1) is 0 Å². The summed E-state index contributed by atoms with van der Waals surface area (Å²) in [6.07, 6.45) is 5.23. The molecule has 1 N–H and O–H groups in total. The highest BCUT2D eigenvalue weighted by Crippen LogP contribution is 2.28. The Balaban J connectivity index is 1.72. The van der Waals surface area contributed by atoms with Crippen LogP contribution >= 0.6 is 0 Å². The van der Waals surface area contributed by atoms with Gasteiger partial charge in [-0.1, -0.05) is 12.1 Å². The summed E-state index contributed by atoms with van der Waals surface area (Å²) < 4.78 is 11.0. The van der Waals surface area contributed by atoms with Crippen LogP contribution in [0.2, 0.25) is 0 Å². The van der Waals surface area contributed by atoms with Gasteiger partial charge in [0.1, 0.15) is 12.4 Å². The maximum atomic E-state index is 10.4. The third kappa shape index (κ3) is 5.57. The van der Waals surface area contributed by atoms with Crippen LogP contribution in [-0.2, 0) is 9.53 Å². The van der Waals surface area contributed by atoms with Crippen LogP contribution in [0, 0.1) is 5.92 Å². The summed E-state index contributed by atoms with van der Waals surface area (Å²) in [6.45, 7) is 1.94. The van der Waals surface area contributed by atoms with E-state index in [1.165, 1.54) is 12.8 Å². The molecule has 4 nitrogen and oxygen atoms in total. The van der Waals surface area contributed by atoms with Gasteiger partial charge in [0.2, 0.25) is 0 Å². The zero-order chi connectivity index (χ0) is 13.5. The molecule has 1 aliphatic carbocycles. The summed E-state index contributed by atoms with van der Waals surface area (Å²) in [4.78, 5) is 10.4. The normalized spacial score (nSPS) is 14.7. The minimum absolute atomic E-state index is 0.513. The lowest BCUT2D eigenvalue weighted by Gasteiger charge is -2.07. The van der Waals surface area contributed by atoms with E-state index in [9.17, 15) is 4.79 Å². The van der Waals surface area contributed by atoms with Gasteiger partial charge in [0, 0.05) is 12.7 Å². The number of carbonyl (C=O) groups is 1. The summed E-state index contributed by atoms with van der Waals surface area (Å²) in [6, 6.07) is 7.32. The molecule has 2 rings (SSSR count). The van der Waals surface area contributed by atoms with Crippen LogP contribution < -0.4 is 4.74 Å². The minimum Gasteiger partial charge on any atom is -0.491 e. The maximum absolute atomic E-state index is 10.4. The van der Waals surface area contributed by atoms with Crippen molar-refractivity contribution in [1.29, 1.82) is 0 Å². The molecule has 1 fully saturated rings. The fourth-order valence-corrected chi connectivity index (χ4v) is 1.63. The third-order valence-electron chi connectivity index (χ3n) is 2.82. The van der Waals surface area contributed by atoms with E-state index in [1.54, 1.807) is 12.1 Å². The molecule has 0 amide bonds. The Hall–Kier alpha value is -1.81. The smallest absolute Gasteiger partial charge is 0.328 e. The second-order valence-corrected chi connectivity index (χ2v) is 4.61. The first-order valence-corrected chi connectivity index (χ1v) is 6.45. The first-order valence-electron chi connectivity index (χ1n) is 6.45. The predicted octanol–water partition coefficient (Wildman–Crippen LogP) is 2.59. The topological polar surface area (TPSA) is 55.8 Å². The van der Waals surface area contributed by atoms with Crippen LogP contribution in [0.5, 0.6) is 5.75 Å². The third-order valence-corrected chi connectivity index (χ3v) is 2.82. The minimum atomic E-state index is -0.959. The Morgan fingerprint density at radius 3 is 2.95 bits per heavy atom. The van der Waals surface area contributed by atoms with Crippen molar-refractivity contribution in [2.75, 3.05) is 19.8 Å². The van der Waals surface area contributed by atoms with Crippen molar-refractivity contribution in [2.45, 2.75) is 12.8 Å². The van der Waals surface area contributed by atoms with Gasteiger partial charge >= 0.3 is 5.97 Å². The molecule has 102 valence electrons. The largest absolute Gasteiger partial charge is 0.491 e. The molecule has 0 unspecified atom stereocenters. The van der Waals surface area contributed by atoms with E-state index in [4.69, 9.17) is 14.6 Å². The zero-order valence-electron chi connectivity index (χ0n) is 10.7. The molecule has 0 saturated heterocycles. The first-order chi connectivity index (χ1) is 9.24. The van der Waals surface area contributed by atoms with Gasteiger partial charge in [-0.25, -0.2) is 4.79 Å². The molecule has 0 heterocycles. The molecular weight excluding hydrogens is 244 g/mol. The number of benzene rings is 1. The molecular formula is C15H18O4. The predicted molar refractivity (Wildman–Crippen MR) is 72.1 cm³/mol. The van der Waals surface area contributed by atoms with Gasteiger partial charge in [-0.05, 0) is 42.5 Å². The van der Waals surface area contributed by atoms with E-state index in [0.29, 0.717) is 13.2 Å². The standard InChI is InChI=1S/C15H18O4/c16-15(17)7-6-12-2-1-3-14(10-12)19-9-8-18-11-13-4-5-13/h1-3,6-7,10,13H,4-5,8-9,11H2,(H,16,17)/b7-6+. The van der Waals surface area contributed by atoms with Crippen molar-refractivity contribution in [1.82, 2.24) is 0 Å². The lowest BCUT2D eigenvalue weighted by atomic mass is 10.2. The van der Waals surface area contributed by atoms with Gasteiger partial charge in [-0.3, -0.25) is 0 Å². The highest BCUT2D eigenvalue weighted by Gasteiger charge is 2.20. The van der Waals surface area contributed by atoms with Gasteiger partial charge in [-0.2, -0.15) is 0 Å². The molecule has 0 radical (unpaired) electrons. The zero-order valence-corrected chi connectivity index (χ0v) is 10.7. The second kappa shape index (κ2) is 6.95. The Morgan fingerprint density at radius 1 is 1.37 bits per heavy atom. The average molecular weight is 262 g/mol. The molecule has 0 bridgehead atoms. The van der Waals surface area contributed by atoms with Crippen molar-refractivity contribution in [3.05, 3.63) is 35.9 Å². The van der Waals surface area contributed by atoms with Crippen LogP contribution in [0.25, 0.3) is 6.08 Å². The van der Waals surface area contributed by atoms with Gasteiger partial charge in [0.25, 0.3) is 0 Å². The van der Waals surface area contributed by atoms with Gasteiger partial charge in [0.05, 0.1) is 6.61 Å². The molecule has 0 aromatic heterocycles. The average Bonchev–Trinajstić information content (AvgIpc) is 3.21. The molecule has 1 aliphatic rings. The van der Waals surface area contributed by atoms with Crippen LogP contribution in [-0.4, -0.2) is 30.9 Å². The fraction of sp³-hybridized carbons (Fsp3) is 0.400. The highest BCUT2D eigenvalue weighted by molar-refractivity contribution is 5.85. The van der Waals surface area contributed by atoms with Crippen LogP contribution in [0.1, 0.15) is 18.4 Å². The molecule has 0 aliphatic heterocycles. The highest BCUT2D eigenvalue weighted by atomic mass is 16.5. The molecule has 0 spiro atoms. The van der Waals surface area contributed by atoms with E-state index in [0.717, 1.165) is 29.9 Å². The van der Waals surface area contributed by atoms with Crippen LogP contribution in [0.15, 0.2) is 30.3 Å². The summed E-state index contributed by atoms with van der Waals surface area (Å²) in [5.41, 5.74) is 0.804. The molecule has 1 saturated carbocycles. The fourth-order valence-electron chi connectivity index (χ4n) is 1.63. The number of ether oxygens (including phenoxy) is 2. The summed E-state index contributed by atoms with van der Waals surface area (Å²) in [5.74, 6) is 0.534. The molecule has 0 atom stereocenters. The summed E-state index contributed by atoms with van der Waals surface area (Å²) in [5, 5.41) is 8.56. The molecule has 1 aromatic rings. The van der Waals surface area contributed by atoms with Crippen molar-refractivity contribution in [2.24, 2.45) is 5.92 Å². The number of aliphatic carboxylic acids is 1. The van der Waals surface area contributed by atoms with Crippen molar-refractivity contribution >= 4 is 12.0 Å². The van der Waals surface area contributed by atoms with E-state index >= 15 is 0 Å². The number of carboxylic acid groups (broad SMARTS) is 1. The van der Waals surface area contributed by atoms with Crippen LogP contribution in [0.4, 0.5) is 0 Å². The second-order valence-electron chi connectivity index (χ2n) is 4.61. The van der Waals surface area contributed by atoms with E-state index in [1.807, 2.05) is 18.2 Å². The maximum Gasteiger partial charge on any atom is 0.328 e. The Kier molecular flexibility index (Phi) is 4.98. The number of carboxylic acids is 1. The van der Waals surface area contributed by atoms with Crippen molar-refractivity contribution in [3.8, 4) is 5.75 Å². The lowest BCUT2D eigenvalue weighted by molar-refractivity contribution is -0.131. The first kappa shape index (κ1) is 13.6. The quantitative estimate of drug-likeness (QED) is 0.578. The Labute approximate surface area is 112 Å². The molecule has 1 aromatic carbocycles.